The summed E-state index contributed by atoms with van der Waals surface area (Å²) < 4.78 is 0. The van der Waals surface area contributed by atoms with Crippen molar-refractivity contribution in [1.29, 1.82) is 0 Å². The third kappa shape index (κ3) is 6.41. The molecule has 1 aliphatic heterocycles. The van der Waals surface area contributed by atoms with E-state index in [1.54, 1.807) is 31.0 Å². The predicted octanol–water partition coefficient (Wildman–Crippen LogP) is 8.49. The Labute approximate surface area is 168 Å². The third-order valence-corrected chi connectivity index (χ3v) is 10.4. The molecule has 1 saturated carbocycles. The Morgan fingerprint density at radius 3 is 2.08 bits per heavy atom. The van der Waals surface area contributed by atoms with Crippen LogP contribution in [-0.2, 0) is 0 Å². The number of benzene rings is 1. The Morgan fingerprint density at radius 2 is 1.46 bits per heavy atom. The fraction of sp³-hybridized carbons (Fsp3) is 0.750. The van der Waals surface area contributed by atoms with Gasteiger partial charge in [0.2, 0.25) is 0 Å². The Kier molecular flexibility index (Phi) is 8.58. The molecule has 2 heteroatoms. The van der Waals surface area contributed by atoms with E-state index in [4.69, 9.17) is 11.6 Å². The lowest BCUT2D eigenvalue weighted by molar-refractivity contribution is 0.280. The van der Waals surface area contributed by atoms with Crippen LogP contribution in [0.2, 0.25) is 23.2 Å². The summed E-state index contributed by atoms with van der Waals surface area (Å²) in [5.41, 5.74) is 1.51. The molecule has 26 heavy (non-hydrogen) atoms. The third-order valence-electron chi connectivity index (χ3n) is 7.12. The van der Waals surface area contributed by atoms with Gasteiger partial charge < -0.3 is 0 Å². The second-order valence-electron chi connectivity index (χ2n) is 9.00. The molecular weight excluding hydrogens is 352 g/mol. The second kappa shape index (κ2) is 10.9. The van der Waals surface area contributed by atoms with Gasteiger partial charge in [0.1, 0.15) is 0 Å². The van der Waals surface area contributed by atoms with E-state index in [2.05, 4.69) is 31.2 Å². The normalized spacial score (nSPS) is 25.5. The number of hydrogen-bond donors (Lipinski definition) is 0. The Bertz CT molecular complexity index is 495. The highest BCUT2D eigenvalue weighted by Gasteiger charge is 2.25. The summed E-state index contributed by atoms with van der Waals surface area (Å²) in [6.45, 7) is 2.33. The van der Waals surface area contributed by atoms with Gasteiger partial charge in [0.15, 0.2) is 0 Å². The predicted molar refractivity (Wildman–Crippen MR) is 118 cm³/mol. The lowest BCUT2D eigenvalue weighted by atomic mass is 9.76. The maximum atomic E-state index is 6.03. The molecule has 1 radical (unpaired) electrons. The SMILES string of the molecule is CCCCC[Si]1CCC(CCC2CCC(c3ccc(Cl)cc3)CC2)CC1. The topological polar surface area (TPSA) is 0 Å². The number of unbranched alkanes of at least 4 members (excludes halogenated alkanes) is 2. The van der Waals surface area contributed by atoms with Crippen LogP contribution in [0.3, 0.4) is 0 Å². The van der Waals surface area contributed by atoms with E-state index in [1.807, 2.05) is 0 Å². The number of hydrogen-bond acceptors (Lipinski definition) is 0. The molecule has 1 saturated heterocycles. The first kappa shape index (κ1) is 20.5. The van der Waals surface area contributed by atoms with Gasteiger partial charge in [-0.2, -0.15) is 0 Å². The van der Waals surface area contributed by atoms with Crippen molar-refractivity contribution in [3.8, 4) is 0 Å². The molecule has 145 valence electrons. The first-order valence-electron chi connectivity index (χ1n) is 11.3. The molecule has 0 unspecified atom stereocenters. The van der Waals surface area contributed by atoms with E-state index in [-0.39, 0.29) is 8.80 Å². The van der Waals surface area contributed by atoms with Crippen molar-refractivity contribution in [2.75, 3.05) is 0 Å². The van der Waals surface area contributed by atoms with Crippen molar-refractivity contribution in [1.82, 2.24) is 0 Å². The molecule has 0 amide bonds. The zero-order valence-corrected chi connectivity index (χ0v) is 18.6. The van der Waals surface area contributed by atoms with Crippen molar-refractivity contribution in [2.45, 2.75) is 102 Å². The molecule has 0 spiro atoms. The van der Waals surface area contributed by atoms with Gasteiger partial charge in [-0.3, -0.25) is 0 Å². The van der Waals surface area contributed by atoms with Crippen molar-refractivity contribution < 1.29 is 0 Å². The summed E-state index contributed by atoms with van der Waals surface area (Å²) in [4.78, 5) is 0. The monoisotopic (exact) mass is 389 g/mol. The van der Waals surface area contributed by atoms with Gasteiger partial charge in [-0.05, 0) is 61.1 Å². The van der Waals surface area contributed by atoms with Crippen molar-refractivity contribution in [2.24, 2.45) is 11.8 Å². The van der Waals surface area contributed by atoms with Crippen LogP contribution >= 0.6 is 11.6 Å². The molecule has 0 bridgehead atoms. The van der Waals surface area contributed by atoms with Crippen molar-refractivity contribution in [3.63, 3.8) is 0 Å². The lowest BCUT2D eigenvalue weighted by Gasteiger charge is -2.32. The van der Waals surface area contributed by atoms with E-state index in [1.165, 1.54) is 63.4 Å². The highest BCUT2D eigenvalue weighted by molar-refractivity contribution is 6.58. The van der Waals surface area contributed by atoms with E-state index in [0.717, 1.165) is 22.8 Å². The van der Waals surface area contributed by atoms with Gasteiger partial charge in [-0.1, -0.05) is 93.7 Å². The van der Waals surface area contributed by atoms with E-state index in [9.17, 15) is 0 Å². The Balaban J connectivity index is 1.30. The highest BCUT2D eigenvalue weighted by Crippen LogP contribution is 2.39. The number of halogens is 1. The smallest absolute Gasteiger partial charge is 0.0479 e. The first-order chi connectivity index (χ1) is 12.7. The summed E-state index contributed by atoms with van der Waals surface area (Å²) >= 11 is 6.03. The summed E-state index contributed by atoms with van der Waals surface area (Å²) in [5, 5.41) is 0.866. The maximum Gasteiger partial charge on any atom is 0.0479 e. The maximum absolute atomic E-state index is 6.03. The molecule has 2 aliphatic rings. The van der Waals surface area contributed by atoms with Gasteiger partial charge in [0, 0.05) is 13.8 Å². The van der Waals surface area contributed by atoms with Gasteiger partial charge in [0.05, 0.1) is 0 Å². The molecule has 1 heterocycles. The molecule has 0 aromatic heterocycles. The molecule has 1 aromatic rings. The summed E-state index contributed by atoms with van der Waals surface area (Å²) in [7, 11) is 0.0548. The average Bonchev–Trinajstić information content (AvgIpc) is 2.69. The molecular formula is C24H38ClSi. The summed E-state index contributed by atoms with van der Waals surface area (Å²) in [6, 6.07) is 13.5. The van der Waals surface area contributed by atoms with Crippen LogP contribution in [0, 0.1) is 11.8 Å². The van der Waals surface area contributed by atoms with Crippen LogP contribution in [0.25, 0.3) is 0 Å². The summed E-state index contributed by atoms with van der Waals surface area (Å²) in [5.74, 6) is 2.87. The summed E-state index contributed by atoms with van der Waals surface area (Å²) in [6.07, 6.45) is 16.2. The second-order valence-corrected chi connectivity index (χ2v) is 12.4. The first-order valence-corrected chi connectivity index (χ1v) is 13.8. The molecule has 0 atom stereocenters. The van der Waals surface area contributed by atoms with Crippen LogP contribution in [0.4, 0.5) is 0 Å². The minimum absolute atomic E-state index is 0.0548. The quantitative estimate of drug-likeness (QED) is 0.308. The molecule has 0 N–H and O–H groups in total. The van der Waals surface area contributed by atoms with E-state index >= 15 is 0 Å². The molecule has 1 aromatic carbocycles. The molecule has 2 fully saturated rings. The minimum Gasteiger partial charge on any atom is -0.0843 e. The van der Waals surface area contributed by atoms with Gasteiger partial charge >= 0.3 is 0 Å². The van der Waals surface area contributed by atoms with Crippen molar-refractivity contribution in [3.05, 3.63) is 34.9 Å². The van der Waals surface area contributed by atoms with Crippen LogP contribution in [0.5, 0.6) is 0 Å². The van der Waals surface area contributed by atoms with Crippen LogP contribution < -0.4 is 0 Å². The fourth-order valence-electron chi connectivity index (χ4n) is 5.24. The van der Waals surface area contributed by atoms with Crippen LogP contribution in [0.15, 0.2) is 24.3 Å². The molecule has 1 aliphatic carbocycles. The Morgan fingerprint density at radius 1 is 0.846 bits per heavy atom. The van der Waals surface area contributed by atoms with E-state index < -0.39 is 0 Å². The fourth-order valence-corrected chi connectivity index (χ4v) is 8.50. The zero-order chi connectivity index (χ0) is 18.2. The lowest BCUT2D eigenvalue weighted by Crippen LogP contribution is -2.22. The Hall–Kier alpha value is -0.273. The van der Waals surface area contributed by atoms with Gasteiger partial charge in [-0.25, -0.2) is 0 Å². The highest BCUT2D eigenvalue weighted by atomic mass is 35.5. The van der Waals surface area contributed by atoms with Crippen LogP contribution in [-0.4, -0.2) is 8.80 Å². The zero-order valence-electron chi connectivity index (χ0n) is 16.8. The van der Waals surface area contributed by atoms with E-state index in [0.29, 0.717) is 0 Å². The van der Waals surface area contributed by atoms with Crippen LogP contribution in [0.1, 0.15) is 89.0 Å². The number of rotatable bonds is 8. The molecule has 0 nitrogen and oxygen atoms in total. The van der Waals surface area contributed by atoms with Gasteiger partial charge in [-0.15, -0.1) is 0 Å². The van der Waals surface area contributed by atoms with Crippen molar-refractivity contribution >= 4 is 20.4 Å². The standard InChI is InChI=1S/C24H38ClSi/c1-2-3-4-17-26-18-15-21(16-19-26)6-5-20-7-9-22(10-8-20)23-11-13-24(25)14-12-23/h11-14,20-22H,2-10,15-19H2,1H3. The minimum atomic E-state index is 0.0548. The van der Waals surface area contributed by atoms with Gasteiger partial charge in [0.25, 0.3) is 0 Å². The molecule has 3 rings (SSSR count). The largest absolute Gasteiger partial charge is 0.0843 e. The average molecular weight is 390 g/mol.